The van der Waals surface area contributed by atoms with Gasteiger partial charge in [0, 0.05) is 0 Å². The predicted octanol–water partition coefficient (Wildman–Crippen LogP) is 3.51. The Kier molecular flexibility index (Phi) is 2.46. The van der Waals surface area contributed by atoms with Crippen LogP contribution in [0, 0.1) is 22.2 Å². The van der Waals surface area contributed by atoms with Crippen molar-refractivity contribution in [2.24, 2.45) is 10.8 Å². The van der Waals surface area contributed by atoms with Crippen LogP contribution in [-0.4, -0.2) is 0 Å². The lowest BCUT2D eigenvalue weighted by molar-refractivity contribution is 0.218. The Bertz CT molecular complexity index is 194. The minimum Gasteiger partial charge on any atom is -0.198 e. The molecule has 0 amide bonds. The van der Waals surface area contributed by atoms with Crippen LogP contribution in [0.15, 0.2) is 0 Å². The van der Waals surface area contributed by atoms with E-state index in [-0.39, 0.29) is 10.8 Å². The maximum absolute atomic E-state index is 9.04. The molecule has 0 aromatic heterocycles. The Morgan fingerprint density at radius 2 is 2.00 bits per heavy atom. The van der Waals surface area contributed by atoms with Crippen molar-refractivity contribution >= 4 is 0 Å². The number of hydrogen-bond acceptors (Lipinski definition) is 1. The molecule has 1 fully saturated rings. The van der Waals surface area contributed by atoms with Crippen molar-refractivity contribution in [2.45, 2.75) is 52.9 Å². The molecule has 0 atom stereocenters. The van der Waals surface area contributed by atoms with Gasteiger partial charge in [-0.05, 0) is 24.7 Å². The van der Waals surface area contributed by atoms with E-state index >= 15 is 0 Å². The highest BCUT2D eigenvalue weighted by molar-refractivity contribution is 5.16. The topological polar surface area (TPSA) is 23.8 Å². The highest BCUT2D eigenvalue weighted by atomic mass is 14.6. The third-order valence-corrected chi connectivity index (χ3v) is 3.41. The number of unbranched alkanes of at least 4 members (excludes halogenated alkanes) is 1. The Hall–Kier alpha value is -0.510. The molecule has 0 saturated heterocycles. The first-order valence-electron chi connectivity index (χ1n) is 4.99. The van der Waals surface area contributed by atoms with E-state index in [1.807, 2.05) is 0 Å². The Morgan fingerprint density at radius 3 is 2.33 bits per heavy atom. The van der Waals surface area contributed by atoms with Crippen molar-refractivity contribution in [3.63, 3.8) is 0 Å². The van der Waals surface area contributed by atoms with Crippen LogP contribution in [0.25, 0.3) is 0 Å². The zero-order valence-electron chi connectivity index (χ0n) is 8.48. The van der Waals surface area contributed by atoms with Crippen molar-refractivity contribution in [3.8, 4) is 6.07 Å². The molecule has 68 valence electrons. The third-order valence-electron chi connectivity index (χ3n) is 3.41. The molecule has 1 nitrogen and oxygen atoms in total. The second kappa shape index (κ2) is 3.09. The van der Waals surface area contributed by atoms with Gasteiger partial charge in [0.25, 0.3) is 0 Å². The molecule has 0 unspecified atom stereocenters. The lowest BCUT2D eigenvalue weighted by Gasteiger charge is -2.29. The molecule has 0 spiro atoms. The normalized spacial score (nSPS) is 20.2. The van der Waals surface area contributed by atoms with Gasteiger partial charge in [-0.15, -0.1) is 0 Å². The van der Waals surface area contributed by atoms with Gasteiger partial charge >= 0.3 is 0 Å². The smallest absolute Gasteiger partial charge is 0.0695 e. The summed E-state index contributed by atoms with van der Waals surface area (Å²) in [6.07, 6.45) is 5.96. The Balaban J connectivity index is 2.54. The van der Waals surface area contributed by atoms with E-state index < -0.39 is 0 Å². The van der Waals surface area contributed by atoms with Crippen LogP contribution in [0.5, 0.6) is 0 Å². The third kappa shape index (κ3) is 1.48. The number of nitrogens with zero attached hydrogens (tertiary/aromatic N) is 1. The average Bonchev–Trinajstić information content (AvgIpc) is 2.81. The molecule has 0 bridgehead atoms. The van der Waals surface area contributed by atoms with E-state index in [1.54, 1.807) is 0 Å². The highest BCUT2D eigenvalue weighted by Gasteiger charge is 2.54. The highest BCUT2D eigenvalue weighted by Crippen LogP contribution is 2.59. The summed E-state index contributed by atoms with van der Waals surface area (Å²) in [5.74, 6) is 0. The molecule has 0 N–H and O–H groups in total. The molecule has 1 heteroatoms. The van der Waals surface area contributed by atoms with Crippen LogP contribution in [0.4, 0.5) is 0 Å². The molecule has 0 aromatic carbocycles. The molecule has 1 saturated carbocycles. The molecule has 0 aromatic rings. The van der Waals surface area contributed by atoms with Gasteiger partial charge in [0.1, 0.15) is 0 Å². The SMILES string of the molecule is CCCCC(C)(C)C1(C#N)CC1. The first-order valence-corrected chi connectivity index (χ1v) is 4.99. The fourth-order valence-electron chi connectivity index (χ4n) is 1.92. The van der Waals surface area contributed by atoms with Crippen molar-refractivity contribution in [2.75, 3.05) is 0 Å². The summed E-state index contributed by atoms with van der Waals surface area (Å²) >= 11 is 0. The van der Waals surface area contributed by atoms with E-state index in [1.165, 1.54) is 19.3 Å². The zero-order valence-corrected chi connectivity index (χ0v) is 8.48. The molecular formula is C11H19N. The van der Waals surface area contributed by atoms with Crippen LogP contribution < -0.4 is 0 Å². The number of rotatable bonds is 4. The minimum absolute atomic E-state index is 0.0438. The first kappa shape index (κ1) is 9.58. The molecular weight excluding hydrogens is 146 g/mol. The fourth-order valence-corrected chi connectivity index (χ4v) is 1.92. The van der Waals surface area contributed by atoms with Gasteiger partial charge in [-0.2, -0.15) is 5.26 Å². The summed E-state index contributed by atoms with van der Waals surface area (Å²) < 4.78 is 0. The standard InChI is InChI=1S/C11H19N/c1-4-5-6-10(2,3)11(9-12)7-8-11/h4-8H2,1-3H3. The van der Waals surface area contributed by atoms with Gasteiger partial charge in [-0.3, -0.25) is 0 Å². The van der Waals surface area contributed by atoms with Crippen LogP contribution in [0.3, 0.4) is 0 Å². The molecule has 0 heterocycles. The quantitative estimate of drug-likeness (QED) is 0.625. The molecule has 1 aliphatic carbocycles. The van der Waals surface area contributed by atoms with E-state index in [2.05, 4.69) is 26.8 Å². The van der Waals surface area contributed by atoms with Gasteiger partial charge in [0.2, 0.25) is 0 Å². The molecule has 1 aliphatic rings. The molecule has 1 rings (SSSR count). The lowest BCUT2D eigenvalue weighted by atomic mass is 9.73. The Labute approximate surface area is 75.8 Å². The monoisotopic (exact) mass is 165 g/mol. The van der Waals surface area contributed by atoms with E-state index in [4.69, 9.17) is 5.26 Å². The Morgan fingerprint density at radius 1 is 1.42 bits per heavy atom. The summed E-state index contributed by atoms with van der Waals surface area (Å²) in [5.41, 5.74) is 0.292. The number of nitriles is 1. The average molecular weight is 165 g/mol. The van der Waals surface area contributed by atoms with Crippen molar-refractivity contribution < 1.29 is 0 Å². The van der Waals surface area contributed by atoms with E-state index in [0.29, 0.717) is 0 Å². The zero-order chi connectivity index (χ0) is 9.24. The minimum atomic E-state index is 0.0438. The second-order valence-electron chi connectivity index (χ2n) is 4.68. The summed E-state index contributed by atoms with van der Waals surface area (Å²) in [4.78, 5) is 0. The first-order chi connectivity index (χ1) is 5.58. The van der Waals surface area contributed by atoms with Gasteiger partial charge in [0.15, 0.2) is 0 Å². The van der Waals surface area contributed by atoms with Crippen LogP contribution in [0.1, 0.15) is 52.9 Å². The maximum Gasteiger partial charge on any atom is 0.0695 e. The number of hydrogen-bond donors (Lipinski definition) is 0. The fraction of sp³-hybridized carbons (Fsp3) is 0.909. The van der Waals surface area contributed by atoms with Crippen LogP contribution in [0.2, 0.25) is 0 Å². The van der Waals surface area contributed by atoms with E-state index in [0.717, 1.165) is 12.8 Å². The molecule has 0 aliphatic heterocycles. The largest absolute Gasteiger partial charge is 0.198 e. The summed E-state index contributed by atoms with van der Waals surface area (Å²) in [6.45, 7) is 6.71. The van der Waals surface area contributed by atoms with Gasteiger partial charge < -0.3 is 0 Å². The van der Waals surface area contributed by atoms with Gasteiger partial charge in [0.05, 0.1) is 11.5 Å². The predicted molar refractivity (Wildman–Crippen MR) is 50.6 cm³/mol. The summed E-state index contributed by atoms with van der Waals surface area (Å²) in [5, 5.41) is 9.04. The van der Waals surface area contributed by atoms with Gasteiger partial charge in [-0.25, -0.2) is 0 Å². The summed E-state index contributed by atoms with van der Waals surface area (Å²) in [7, 11) is 0. The van der Waals surface area contributed by atoms with Crippen LogP contribution >= 0.6 is 0 Å². The molecule has 0 radical (unpaired) electrons. The van der Waals surface area contributed by atoms with Crippen LogP contribution in [-0.2, 0) is 0 Å². The molecule has 12 heavy (non-hydrogen) atoms. The van der Waals surface area contributed by atoms with Crippen molar-refractivity contribution in [1.82, 2.24) is 0 Å². The van der Waals surface area contributed by atoms with Gasteiger partial charge in [-0.1, -0.05) is 33.6 Å². The van der Waals surface area contributed by atoms with Crippen molar-refractivity contribution in [3.05, 3.63) is 0 Å². The van der Waals surface area contributed by atoms with E-state index in [9.17, 15) is 0 Å². The second-order valence-corrected chi connectivity index (χ2v) is 4.68. The summed E-state index contributed by atoms with van der Waals surface area (Å²) in [6, 6.07) is 2.50. The maximum atomic E-state index is 9.04. The lowest BCUT2D eigenvalue weighted by Crippen LogP contribution is -2.24. The van der Waals surface area contributed by atoms with Crippen molar-refractivity contribution in [1.29, 1.82) is 5.26 Å².